The van der Waals surface area contributed by atoms with E-state index in [-0.39, 0.29) is 5.91 Å². The molecule has 3 aromatic rings. The first kappa shape index (κ1) is 22.8. The summed E-state index contributed by atoms with van der Waals surface area (Å²) in [4.78, 5) is 22.7. The zero-order chi connectivity index (χ0) is 22.7. The number of halogens is 1. The van der Waals surface area contributed by atoms with Gasteiger partial charge in [-0.15, -0.1) is 11.3 Å². The van der Waals surface area contributed by atoms with Crippen molar-refractivity contribution >= 4 is 34.5 Å². The zero-order valence-corrected chi connectivity index (χ0v) is 20.3. The molecule has 2 heterocycles. The van der Waals surface area contributed by atoms with Crippen molar-refractivity contribution in [1.82, 2.24) is 9.88 Å². The topological polar surface area (TPSA) is 45.7 Å². The first-order valence-electron chi connectivity index (χ1n) is 11.0. The second-order valence-corrected chi connectivity index (χ2v) is 9.54. The molecule has 0 bridgehead atoms. The van der Waals surface area contributed by atoms with Crippen LogP contribution in [0.25, 0.3) is 10.6 Å². The lowest BCUT2D eigenvalue weighted by Crippen LogP contribution is -2.36. The molecule has 0 saturated heterocycles. The number of likely N-dealkylation sites (N-methyl/N-ethyl adjacent to an activating group) is 1. The molecular formula is C25H28ClN3O2S. The average Bonchev–Trinajstić information content (AvgIpc) is 3.21. The number of rotatable bonds is 8. The Balaban J connectivity index is 1.47. The summed E-state index contributed by atoms with van der Waals surface area (Å²) in [5.41, 5.74) is 3.92. The maximum Gasteiger partial charge on any atom is 0.270 e. The molecule has 2 aromatic carbocycles. The van der Waals surface area contributed by atoms with E-state index in [2.05, 4.69) is 50.1 Å². The Bertz CT molecular complexity index is 1100. The lowest BCUT2D eigenvalue weighted by atomic mass is 10.1. The molecule has 7 heteroatoms. The number of thiazole rings is 1. The van der Waals surface area contributed by atoms with Gasteiger partial charge in [-0.2, -0.15) is 0 Å². The molecule has 168 valence electrons. The summed E-state index contributed by atoms with van der Waals surface area (Å²) in [6.45, 7) is 7.26. The fourth-order valence-corrected chi connectivity index (χ4v) is 5.07. The molecule has 5 nitrogen and oxygen atoms in total. The van der Waals surface area contributed by atoms with Gasteiger partial charge in [-0.1, -0.05) is 48.4 Å². The van der Waals surface area contributed by atoms with Crippen molar-refractivity contribution in [2.75, 3.05) is 38.2 Å². The number of benzene rings is 2. The lowest BCUT2D eigenvalue weighted by Gasteiger charge is -2.26. The molecule has 0 atom stereocenters. The van der Waals surface area contributed by atoms with E-state index in [1.165, 1.54) is 16.9 Å². The number of aromatic nitrogens is 1. The fourth-order valence-electron chi connectivity index (χ4n) is 3.78. The number of hydrogen-bond acceptors (Lipinski definition) is 5. The molecule has 1 aliphatic rings. The fraction of sp³-hybridized carbons (Fsp3) is 0.360. The van der Waals surface area contributed by atoms with Gasteiger partial charge in [-0.05, 0) is 45.1 Å². The van der Waals surface area contributed by atoms with Crippen molar-refractivity contribution in [2.24, 2.45) is 0 Å². The Morgan fingerprint density at radius 3 is 2.69 bits per heavy atom. The zero-order valence-electron chi connectivity index (χ0n) is 18.7. The Morgan fingerprint density at radius 2 is 1.97 bits per heavy atom. The summed E-state index contributed by atoms with van der Waals surface area (Å²) in [6, 6.07) is 13.8. The molecule has 32 heavy (non-hydrogen) atoms. The van der Waals surface area contributed by atoms with Crippen LogP contribution in [0.5, 0.6) is 5.75 Å². The van der Waals surface area contributed by atoms with Gasteiger partial charge in [0.25, 0.3) is 5.91 Å². The third kappa shape index (κ3) is 4.98. The summed E-state index contributed by atoms with van der Waals surface area (Å²) < 4.78 is 5.85. The van der Waals surface area contributed by atoms with Crippen LogP contribution in [0.4, 0.5) is 5.69 Å². The van der Waals surface area contributed by atoms with Gasteiger partial charge >= 0.3 is 0 Å². The number of carbonyl (C=O) groups excluding carboxylic acids is 1. The van der Waals surface area contributed by atoms with Gasteiger partial charge in [0.1, 0.15) is 22.2 Å². The normalized spacial score (nSPS) is 13.5. The van der Waals surface area contributed by atoms with Gasteiger partial charge in [0.05, 0.1) is 10.7 Å². The molecule has 0 N–H and O–H groups in total. The van der Waals surface area contributed by atoms with Crippen LogP contribution in [0.1, 0.15) is 34.3 Å². The maximum atomic E-state index is 13.2. The van der Waals surface area contributed by atoms with Crippen molar-refractivity contribution in [3.63, 3.8) is 0 Å². The molecule has 1 aromatic heterocycles. The quantitative estimate of drug-likeness (QED) is 0.424. The van der Waals surface area contributed by atoms with Gasteiger partial charge in [0.15, 0.2) is 0 Å². The molecule has 0 unspecified atom stereocenters. The smallest absolute Gasteiger partial charge is 0.270 e. The summed E-state index contributed by atoms with van der Waals surface area (Å²) in [7, 11) is 2.08. The second kappa shape index (κ2) is 10.0. The van der Waals surface area contributed by atoms with Crippen LogP contribution in [0, 0.1) is 6.92 Å². The highest BCUT2D eigenvalue weighted by Gasteiger charge is 2.30. The number of hydrogen-bond donors (Lipinski definition) is 0. The van der Waals surface area contributed by atoms with E-state index >= 15 is 0 Å². The molecular weight excluding hydrogens is 442 g/mol. The van der Waals surface area contributed by atoms with Gasteiger partial charge in [0, 0.05) is 30.8 Å². The van der Waals surface area contributed by atoms with Crippen LogP contribution < -0.4 is 9.64 Å². The third-order valence-electron chi connectivity index (χ3n) is 5.57. The van der Waals surface area contributed by atoms with Crippen LogP contribution in [0.2, 0.25) is 5.02 Å². The largest absolute Gasteiger partial charge is 0.491 e. The molecule has 0 aliphatic carbocycles. The molecule has 4 rings (SSSR count). The maximum absolute atomic E-state index is 13.2. The van der Waals surface area contributed by atoms with Gasteiger partial charge < -0.3 is 14.5 Å². The summed E-state index contributed by atoms with van der Waals surface area (Å²) in [5.74, 6) is 0.623. The summed E-state index contributed by atoms with van der Waals surface area (Å²) in [6.07, 6.45) is 1.84. The van der Waals surface area contributed by atoms with E-state index in [1.54, 1.807) is 4.90 Å². The minimum atomic E-state index is -0.0203. The third-order valence-corrected chi connectivity index (χ3v) is 7.00. The molecule has 1 aliphatic heterocycles. The molecule has 0 saturated carbocycles. The highest BCUT2D eigenvalue weighted by molar-refractivity contribution is 7.17. The number of carbonyl (C=O) groups is 1. The predicted octanol–water partition coefficient (Wildman–Crippen LogP) is 5.70. The average molecular weight is 470 g/mol. The first-order valence-corrected chi connectivity index (χ1v) is 12.1. The number of fused-ring (bicyclic) bond motifs is 1. The van der Waals surface area contributed by atoms with E-state index in [0.717, 1.165) is 47.9 Å². The van der Waals surface area contributed by atoms with Gasteiger partial charge in [-0.25, -0.2) is 4.98 Å². The van der Waals surface area contributed by atoms with E-state index in [0.29, 0.717) is 28.8 Å². The van der Waals surface area contributed by atoms with Crippen molar-refractivity contribution in [2.45, 2.75) is 26.7 Å². The summed E-state index contributed by atoms with van der Waals surface area (Å²) in [5, 5.41) is 1.41. The number of amides is 1. The first-order chi connectivity index (χ1) is 15.5. The Hall–Kier alpha value is -2.41. The highest BCUT2D eigenvalue weighted by atomic mass is 35.5. The standard InChI is InChI=1S/C25H28ClN3O2S/c1-4-12-28(3)14-15-31-22-10-9-19(16-20(22)26)29-13-11-21-23(25(29)30)32-24(27-21)18-7-5-17(2)6-8-18/h5-10,16H,4,11-15H2,1-3H3. The van der Waals surface area contributed by atoms with E-state index in [9.17, 15) is 4.79 Å². The number of nitrogens with zero attached hydrogens (tertiary/aromatic N) is 3. The van der Waals surface area contributed by atoms with Crippen molar-refractivity contribution in [3.05, 3.63) is 63.6 Å². The number of anilines is 1. The Morgan fingerprint density at radius 1 is 1.19 bits per heavy atom. The summed E-state index contributed by atoms with van der Waals surface area (Å²) >= 11 is 7.94. The van der Waals surface area contributed by atoms with Gasteiger partial charge in [0.2, 0.25) is 0 Å². The van der Waals surface area contributed by atoms with Crippen molar-refractivity contribution in [1.29, 1.82) is 0 Å². The minimum Gasteiger partial charge on any atom is -0.491 e. The monoisotopic (exact) mass is 469 g/mol. The lowest BCUT2D eigenvalue weighted by molar-refractivity contribution is 0.0984. The van der Waals surface area contributed by atoms with Crippen molar-refractivity contribution in [3.8, 4) is 16.3 Å². The van der Waals surface area contributed by atoms with E-state index in [4.69, 9.17) is 21.3 Å². The Kier molecular flexibility index (Phi) is 7.13. The number of ether oxygens (including phenoxy) is 1. The van der Waals surface area contributed by atoms with E-state index in [1.807, 2.05) is 18.2 Å². The minimum absolute atomic E-state index is 0.0203. The Labute approximate surface area is 198 Å². The van der Waals surface area contributed by atoms with Crippen LogP contribution in [0.3, 0.4) is 0 Å². The predicted molar refractivity (Wildman–Crippen MR) is 132 cm³/mol. The van der Waals surface area contributed by atoms with E-state index < -0.39 is 0 Å². The molecule has 0 spiro atoms. The molecule has 0 radical (unpaired) electrons. The molecule has 0 fully saturated rings. The van der Waals surface area contributed by atoms with Crippen LogP contribution in [-0.4, -0.2) is 49.1 Å². The highest BCUT2D eigenvalue weighted by Crippen LogP contribution is 2.35. The van der Waals surface area contributed by atoms with Crippen LogP contribution in [-0.2, 0) is 6.42 Å². The van der Waals surface area contributed by atoms with Crippen LogP contribution in [0.15, 0.2) is 42.5 Å². The number of aryl methyl sites for hydroxylation is 1. The van der Waals surface area contributed by atoms with Gasteiger partial charge in [-0.3, -0.25) is 4.79 Å². The van der Waals surface area contributed by atoms with Crippen LogP contribution >= 0.6 is 22.9 Å². The SMILES string of the molecule is CCCN(C)CCOc1ccc(N2CCc3nc(-c4ccc(C)cc4)sc3C2=O)cc1Cl. The molecule has 1 amide bonds. The second-order valence-electron chi connectivity index (χ2n) is 8.13. The van der Waals surface area contributed by atoms with Crippen molar-refractivity contribution < 1.29 is 9.53 Å².